The fourth-order valence-electron chi connectivity index (χ4n) is 2.67. The van der Waals surface area contributed by atoms with E-state index in [-0.39, 0.29) is 0 Å². The molecule has 1 unspecified atom stereocenters. The second-order valence-electron chi connectivity index (χ2n) is 5.40. The highest BCUT2D eigenvalue weighted by Crippen LogP contribution is 2.39. The van der Waals surface area contributed by atoms with Crippen LogP contribution in [0.25, 0.3) is 0 Å². The number of hydrogen-bond donors (Lipinski definition) is 1. The van der Waals surface area contributed by atoms with Crippen LogP contribution in [0.1, 0.15) is 17.0 Å². The minimum Gasteiger partial charge on any atom is -0.497 e. The Morgan fingerprint density at radius 2 is 1.48 bits per heavy atom. The number of aliphatic carboxylic acids is 1. The van der Waals surface area contributed by atoms with Gasteiger partial charge in [0, 0.05) is 0 Å². The Hall–Kier alpha value is -2.89. The fraction of sp³-hybridized carbons (Fsp3) is 0.316. The van der Waals surface area contributed by atoms with Crippen molar-refractivity contribution in [3.05, 3.63) is 47.5 Å². The first kappa shape index (κ1) is 18.4. The van der Waals surface area contributed by atoms with Gasteiger partial charge in [0.05, 0.1) is 34.4 Å². The lowest BCUT2D eigenvalue weighted by Crippen LogP contribution is -2.14. The molecule has 6 heteroatoms. The highest BCUT2D eigenvalue weighted by atomic mass is 16.5. The van der Waals surface area contributed by atoms with Gasteiger partial charge in [-0.05, 0) is 41.8 Å². The van der Waals surface area contributed by atoms with Crippen molar-refractivity contribution in [3.63, 3.8) is 0 Å². The molecular formula is C19H22O6. The largest absolute Gasteiger partial charge is 0.497 e. The second kappa shape index (κ2) is 8.28. The van der Waals surface area contributed by atoms with E-state index in [9.17, 15) is 9.90 Å². The third-order valence-corrected chi connectivity index (χ3v) is 3.98. The first-order valence-corrected chi connectivity index (χ1v) is 7.69. The van der Waals surface area contributed by atoms with Crippen molar-refractivity contribution in [2.45, 2.75) is 12.3 Å². The molecule has 0 saturated heterocycles. The Morgan fingerprint density at radius 1 is 0.920 bits per heavy atom. The van der Waals surface area contributed by atoms with Gasteiger partial charge in [-0.25, -0.2) is 0 Å². The van der Waals surface area contributed by atoms with E-state index in [0.29, 0.717) is 35.0 Å². The third kappa shape index (κ3) is 4.15. The average molecular weight is 346 g/mol. The zero-order valence-electron chi connectivity index (χ0n) is 14.7. The maximum atomic E-state index is 11.8. The molecule has 1 N–H and O–H groups in total. The van der Waals surface area contributed by atoms with Crippen molar-refractivity contribution in [1.29, 1.82) is 0 Å². The van der Waals surface area contributed by atoms with Crippen LogP contribution in [0.5, 0.6) is 23.0 Å². The van der Waals surface area contributed by atoms with Gasteiger partial charge in [0.2, 0.25) is 5.75 Å². The van der Waals surface area contributed by atoms with E-state index in [1.807, 2.05) is 0 Å². The van der Waals surface area contributed by atoms with E-state index in [4.69, 9.17) is 18.9 Å². The molecule has 0 aliphatic heterocycles. The van der Waals surface area contributed by atoms with Gasteiger partial charge in [0.25, 0.3) is 0 Å². The Morgan fingerprint density at radius 3 is 1.88 bits per heavy atom. The summed E-state index contributed by atoms with van der Waals surface area (Å²) >= 11 is 0. The van der Waals surface area contributed by atoms with Crippen molar-refractivity contribution in [2.75, 3.05) is 28.4 Å². The summed E-state index contributed by atoms with van der Waals surface area (Å²) in [4.78, 5) is 11.8. The number of carboxylic acids is 1. The van der Waals surface area contributed by atoms with Gasteiger partial charge < -0.3 is 24.1 Å². The molecule has 0 bridgehead atoms. The van der Waals surface area contributed by atoms with Gasteiger partial charge in [0.1, 0.15) is 5.75 Å². The molecule has 2 aromatic rings. The Labute approximate surface area is 146 Å². The maximum Gasteiger partial charge on any atom is 0.311 e. The lowest BCUT2D eigenvalue weighted by Gasteiger charge is -2.17. The molecule has 0 aliphatic carbocycles. The third-order valence-electron chi connectivity index (χ3n) is 3.98. The zero-order chi connectivity index (χ0) is 18.4. The van der Waals surface area contributed by atoms with Crippen molar-refractivity contribution in [1.82, 2.24) is 0 Å². The van der Waals surface area contributed by atoms with Crippen molar-refractivity contribution in [3.8, 4) is 23.0 Å². The Bertz CT molecular complexity index is 698. The average Bonchev–Trinajstić information content (AvgIpc) is 2.64. The minimum atomic E-state index is -0.904. The van der Waals surface area contributed by atoms with Crippen LogP contribution in [-0.2, 0) is 11.2 Å². The van der Waals surface area contributed by atoms with Crippen LogP contribution in [0.2, 0.25) is 0 Å². The minimum absolute atomic E-state index is 0.290. The number of hydrogen-bond acceptors (Lipinski definition) is 5. The van der Waals surface area contributed by atoms with Crippen LogP contribution in [0.15, 0.2) is 36.4 Å². The van der Waals surface area contributed by atoms with Crippen LogP contribution in [0.4, 0.5) is 0 Å². The van der Waals surface area contributed by atoms with Crippen LogP contribution in [-0.4, -0.2) is 39.5 Å². The Balaban J connectivity index is 2.37. The summed E-state index contributed by atoms with van der Waals surface area (Å²) in [7, 11) is 6.15. The molecule has 0 heterocycles. The molecule has 0 spiro atoms. The first-order valence-electron chi connectivity index (χ1n) is 7.69. The van der Waals surface area contributed by atoms with Crippen molar-refractivity contribution in [2.24, 2.45) is 0 Å². The lowest BCUT2D eigenvalue weighted by molar-refractivity contribution is -0.138. The van der Waals surface area contributed by atoms with Crippen molar-refractivity contribution < 1.29 is 28.8 Å². The van der Waals surface area contributed by atoms with E-state index >= 15 is 0 Å². The number of methoxy groups -OCH3 is 4. The van der Waals surface area contributed by atoms with E-state index in [1.165, 1.54) is 21.3 Å². The summed E-state index contributed by atoms with van der Waals surface area (Å²) in [6.45, 7) is 0. The normalized spacial score (nSPS) is 11.5. The summed E-state index contributed by atoms with van der Waals surface area (Å²) < 4.78 is 21.1. The molecular weight excluding hydrogens is 324 g/mol. The van der Waals surface area contributed by atoms with Crippen LogP contribution < -0.4 is 18.9 Å². The van der Waals surface area contributed by atoms with Gasteiger partial charge in [-0.1, -0.05) is 12.1 Å². The zero-order valence-corrected chi connectivity index (χ0v) is 14.7. The van der Waals surface area contributed by atoms with E-state index in [2.05, 4.69) is 0 Å². The predicted octanol–water partition coefficient (Wildman–Crippen LogP) is 3.13. The quantitative estimate of drug-likeness (QED) is 0.791. The van der Waals surface area contributed by atoms with E-state index in [1.54, 1.807) is 43.5 Å². The van der Waals surface area contributed by atoms with Gasteiger partial charge in [-0.15, -0.1) is 0 Å². The van der Waals surface area contributed by atoms with Gasteiger partial charge in [-0.3, -0.25) is 4.79 Å². The number of rotatable bonds is 8. The van der Waals surface area contributed by atoms with Crippen LogP contribution in [0, 0.1) is 0 Å². The standard InChI is InChI=1S/C19H22O6/c1-22-14-7-5-13(6-8-14)15(19(20)21)9-12-10-16(23-2)18(25-4)17(11-12)24-3/h5-8,10-11,15H,9H2,1-4H3,(H,20,21). The molecule has 0 fully saturated rings. The SMILES string of the molecule is COc1ccc(C(Cc2cc(OC)c(OC)c(OC)c2)C(=O)O)cc1. The smallest absolute Gasteiger partial charge is 0.311 e. The molecule has 2 aromatic carbocycles. The molecule has 0 amide bonds. The Kier molecular flexibility index (Phi) is 6.11. The molecule has 2 rings (SSSR count). The van der Waals surface area contributed by atoms with Crippen LogP contribution >= 0.6 is 0 Å². The van der Waals surface area contributed by atoms with Gasteiger partial charge >= 0.3 is 5.97 Å². The number of ether oxygens (including phenoxy) is 4. The van der Waals surface area contributed by atoms with E-state index < -0.39 is 11.9 Å². The molecule has 25 heavy (non-hydrogen) atoms. The second-order valence-corrected chi connectivity index (χ2v) is 5.40. The lowest BCUT2D eigenvalue weighted by atomic mass is 9.91. The predicted molar refractivity (Wildman–Crippen MR) is 93.2 cm³/mol. The molecule has 134 valence electrons. The molecule has 0 aromatic heterocycles. The summed E-state index contributed by atoms with van der Waals surface area (Å²) in [6, 6.07) is 10.5. The highest BCUT2D eigenvalue weighted by molar-refractivity contribution is 5.76. The molecule has 0 radical (unpaired) electrons. The number of benzene rings is 2. The molecule has 6 nitrogen and oxygen atoms in total. The molecule has 0 aliphatic rings. The maximum absolute atomic E-state index is 11.8. The highest BCUT2D eigenvalue weighted by Gasteiger charge is 2.22. The summed E-state index contributed by atoms with van der Waals surface area (Å²) in [5.41, 5.74) is 1.47. The summed E-state index contributed by atoms with van der Waals surface area (Å²) in [5.74, 6) is 0.546. The molecule has 1 atom stereocenters. The topological polar surface area (TPSA) is 74.2 Å². The van der Waals surface area contributed by atoms with E-state index in [0.717, 1.165) is 5.56 Å². The van der Waals surface area contributed by atoms with Crippen LogP contribution in [0.3, 0.4) is 0 Å². The fourth-order valence-corrected chi connectivity index (χ4v) is 2.67. The summed E-state index contributed by atoms with van der Waals surface area (Å²) in [6.07, 6.45) is 0.290. The number of carbonyl (C=O) groups is 1. The van der Waals surface area contributed by atoms with Crippen molar-refractivity contribution >= 4 is 5.97 Å². The van der Waals surface area contributed by atoms with Gasteiger partial charge in [0.15, 0.2) is 11.5 Å². The molecule has 0 saturated carbocycles. The monoisotopic (exact) mass is 346 g/mol. The first-order chi connectivity index (χ1) is 12.0. The summed E-state index contributed by atoms with van der Waals surface area (Å²) in [5, 5.41) is 9.65. The van der Waals surface area contributed by atoms with Gasteiger partial charge in [-0.2, -0.15) is 0 Å². The number of carboxylic acid groups (broad SMARTS) is 1.